The maximum Gasteiger partial charge on any atom is 0.246 e. The quantitative estimate of drug-likeness (QED) is 0.124. The number of amides is 2. The first-order chi connectivity index (χ1) is 13.7. The van der Waals surface area contributed by atoms with E-state index in [1.54, 1.807) is 30.0 Å². The topological polar surface area (TPSA) is 114 Å². The Morgan fingerprint density at radius 3 is 1.93 bits per heavy atom. The van der Waals surface area contributed by atoms with Gasteiger partial charge in [-0.15, -0.1) is 0 Å². The van der Waals surface area contributed by atoms with Gasteiger partial charge in [-0.3, -0.25) is 13.1 Å². The molecule has 0 aromatic carbocycles. The average Bonchev–Trinajstić information content (AvgIpc) is 2.70. The van der Waals surface area contributed by atoms with Gasteiger partial charge in [0.05, 0.1) is 82.1 Å². The second-order valence-corrected chi connectivity index (χ2v) is 6.01. The maximum absolute atomic E-state index is 11.5. The van der Waals surface area contributed by atoms with Crippen molar-refractivity contribution in [3.63, 3.8) is 0 Å². The van der Waals surface area contributed by atoms with E-state index < -0.39 is 0 Å². The molecular formula is C17H33IN2O8. The van der Waals surface area contributed by atoms with Crippen LogP contribution < -0.4 is 8.85 Å². The Morgan fingerprint density at radius 2 is 1.29 bits per heavy atom. The zero-order chi connectivity index (χ0) is 20.7. The first kappa shape index (κ1) is 27.4. The summed E-state index contributed by atoms with van der Waals surface area (Å²) in [6.45, 7) is 5.08. The summed E-state index contributed by atoms with van der Waals surface area (Å²) in [6, 6.07) is 0. The number of carbonyl (C=O) groups excluding carboxylic acids is 2. The fourth-order valence-corrected chi connectivity index (χ4v) is 2.03. The minimum absolute atomic E-state index is 0.00401. The smallest absolute Gasteiger partial charge is 0.246 e. The van der Waals surface area contributed by atoms with Crippen molar-refractivity contribution < 1.29 is 38.0 Å². The normalized spacial score (nSPS) is 10.8. The molecule has 0 heterocycles. The predicted octanol–water partition coefficient (Wildman–Crippen LogP) is 0.0784. The summed E-state index contributed by atoms with van der Waals surface area (Å²) < 4.78 is 33.8. The largest absolute Gasteiger partial charge is 0.385 e. The minimum atomic E-state index is -0.187. The highest BCUT2D eigenvalue weighted by Crippen LogP contribution is 1.87. The van der Waals surface area contributed by atoms with Crippen molar-refractivity contribution in [2.75, 3.05) is 86.3 Å². The van der Waals surface area contributed by atoms with Crippen LogP contribution in [-0.4, -0.2) is 98.1 Å². The zero-order valence-corrected chi connectivity index (χ0v) is 18.7. The van der Waals surface area contributed by atoms with Gasteiger partial charge >= 0.3 is 0 Å². The van der Waals surface area contributed by atoms with E-state index in [4.69, 9.17) is 28.4 Å². The standard InChI is InChI=1S/C17H33IN2O8/c1-23-5-2-6-24-13-14-28-15-17(22)19-4-8-26-10-12-27-11-9-25-7-3-16(21)20-18/h2-15H2,1H3,(H,19,22)(H,20,21). The third-order valence-electron chi connectivity index (χ3n) is 3.13. The lowest BCUT2D eigenvalue weighted by atomic mass is 10.4. The number of halogens is 1. The molecule has 28 heavy (non-hydrogen) atoms. The van der Waals surface area contributed by atoms with Gasteiger partial charge in [0, 0.05) is 26.9 Å². The first-order valence-electron chi connectivity index (χ1n) is 9.24. The number of ether oxygens (including phenoxy) is 6. The third-order valence-corrected chi connectivity index (χ3v) is 3.74. The van der Waals surface area contributed by atoms with Crippen molar-refractivity contribution >= 4 is 34.7 Å². The van der Waals surface area contributed by atoms with Crippen LogP contribution in [0.15, 0.2) is 0 Å². The van der Waals surface area contributed by atoms with Crippen LogP contribution in [0.3, 0.4) is 0 Å². The van der Waals surface area contributed by atoms with Crippen molar-refractivity contribution in [2.24, 2.45) is 0 Å². The average molecular weight is 520 g/mol. The third kappa shape index (κ3) is 21.7. The van der Waals surface area contributed by atoms with Crippen LogP contribution in [0.4, 0.5) is 0 Å². The summed E-state index contributed by atoms with van der Waals surface area (Å²) in [5.74, 6) is -0.246. The summed E-state index contributed by atoms with van der Waals surface area (Å²) in [5, 5.41) is 2.70. The molecule has 0 spiro atoms. The molecule has 0 bridgehead atoms. The highest BCUT2D eigenvalue weighted by molar-refractivity contribution is 14.1. The lowest BCUT2D eigenvalue weighted by Gasteiger charge is -2.08. The lowest BCUT2D eigenvalue weighted by Crippen LogP contribution is -2.31. The molecule has 0 rings (SSSR count). The van der Waals surface area contributed by atoms with Crippen LogP contribution in [0, 0.1) is 0 Å². The molecule has 0 aromatic heterocycles. The van der Waals surface area contributed by atoms with Crippen LogP contribution in [0.25, 0.3) is 0 Å². The van der Waals surface area contributed by atoms with Crippen LogP contribution in [0.1, 0.15) is 12.8 Å². The van der Waals surface area contributed by atoms with Gasteiger partial charge in [-0.25, -0.2) is 0 Å². The van der Waals surface area contributed by atoms with E-state index in [1.165, 1.54) is 0 Å². The highest BCUT2D eigenvalue weighted by atomic mass is 127. The summed E-state index contributed by atoms with van der Waals surface area (Å²) >= 11 is 1.79. The molecule has 0 aromatic rings. The van der Waals surface area contributed by atoms with E-state index in [2.05, 4.69) is 8.85 Å². The summed E-state index contributed by atoms with van der Waals surface area (Å²) in [7, 11) is 1.65. The Hall–Kier alpha value is -0.570. The molecule has 0 radical (unpaired) electrons. The Morgan fingerprint density at radius 1 is 0.714 bits per heavy atom. The van der Waals surface area contributed by atoms with Gasteiger partial charge in [0.2, 0.25) is 11.8 Å². The molecule has 0 atom stereocenters. The fourth-order valence-electron chi connectivity index (χ4n) is 1.76. The van der Waals surface area contributed by atoms with Crippen LogP contribution in [0.5, 0.6) is 0 Å². The summed E-state index contributed by atoms with van der Waals surface area (Å²) in [6.07, 6.45) is 1.18. The Balaban J connectivity index is 3.17. The van der Waals surface area contributed by atoms with Gasteiger partial charge in [0.1, 0.15) is 6.61 Å². The van der Waals surface area contributed by atoms with Gasteiger partial charge < -0.3 is 33.7 Å². The van der Waals surface area contributed by atoms with E-state index in [0.29, 0.717) is 79.0 Å². The number of carbonyl (C=O) groups is 2. The van der Waals surface area contributed by atoms with Gasteiger partial charge in [-0.1, -0.05) is 0 Å². The molecule has 0 saturated carbocycles. The van der Waals surface area contributed by atoms with Crippen molar-refractivity contribution in [1.29, 1.82) is 0 Å². The second kappa shape index (κ2) is 22.7. The molecule has 2 amide bonds. The fraction of sp³-hybridized carbons (Fsp3) is 0.882. The van der Waals surface area contributed by atoms with Gasteiger partial charge in [0.25, 0.3) is 0 Å². The molecule has 0 aliphatic heterocycles. The van der Waals surface area contributed by atoms with Crippen LogP contribution in [-0.2, 0) is 38.0 Å². The van der Waals surface area contributed by atoms with Crippen LogP contribution in [0.2, 0.25) is 0 Å². The number of methoxy groups -OCH3 is 1. The number of rotatable bonds is 21. The number of nitrogens with one attached hydrogen (secondary N) is 2. The molecule has 0 aliphatic rings. The molecule has 0 aliphatic carbocycles. The summed E-state index contributed by atoms with van der Waals surface area (Å²) in [4.78, 5) is 22.5. The molecule has 0 fully saturated rings. The number of hydrogen-bond acceptors (Lipinski definition) is 8. The van der Waals surface area contributed by atoms with Crippen molar-refractivity contribution in [1.82, 2.24) is 8.85 Å². The summed E-state index contributed by atoms with van der Waals surface area (Å²) in [5.41, 5.74) is 0. The Labute approximate surface area is 180 Å². The Kier molecular flexibility index (Phi) is 22.3. The van der Waals surface area contributed by atoms with E-state index in [0.717, 1.165) is 6.42 Å². The first-order valence-corrected chi connectivity index (χ1v) is 10.3. The number of hydrogen-bond donors (Lipinski definition) is 2. The van der Waals surface area contributed by atoms with Crippen LogP contribution >= 0.6 is 22.9 Å². The second-order valence-electron chi connectivity index (χ2n) is 5.47. The van der Waals surface area contributed by atoms with Gasteiger partial charge in [-0.2, -0.15) is 0 Å². The zero-order valence-electron chi connectivity index (χ0n) is 16.5. The molecule has 10 nitrogen and oxygen atoms in total. The molecule has 0 unspecified atom stereocenters. The predicted molar refractivity (Wildman–Crippen MR) is 110 cm³/mol. The van der Waals surface area contributed by atoms with Gasteiger partial charge in [-0.05, 0) is 6.42 Å². The van der Waals surface area contributed by atoms with E-state index in [9.17, 15) is 9.59 Å². The molecule has 0 saturated heterocycles. The molecule has 166 valence electrons. The SMILES string of the molecule is COCCCOCCOCC(=O)NCCOCCOCCOCCC(=O)NI. The maximum atomic E-state index is 11.5. The van der Waals surface area contributed by atoms with E-state index >= 15 is 0 Å². The molecular weight excluding hydrogens is 487 g/mol. The lowest BCUT2D eigenvalue weighted by molar-refractivity contribution is -0.126. The highest BCUT2D eigenvalue weighted by Gasteiger charge is 2.01. The van der Waals surface area contributed by atoms with Crippen molar-refractivity contribution in [3.05, 3.63) is 0 Å². The molecule has 11 heteroatoms. The Bertz CT molecular complexity index is 377. The van der Waals surface area contributed by atoms with Crippen molar-refractivity contribution in [2.45, 2.75) is 12.8 Å². The monoisotopic (exact) mass is 520 g/mol. The minimum Gasteiger partial charge on any atom is -0.385 e. The van der Waals surface area contributed by atoms with Gasteiger partial charge in [0.15, 0.2) is 0 Å². The van der Waals surface area contributed by atoms with E-state index in [-0.39, 0.29) is 18.4 Å². The van der Waals surface area contributed by atoms with Crippen molar-refractivity contribution in [3.8, 4) is 0 Å². The molecule has 2 N–H and O–H groups in total. The van der Waals surface area contributed by atoms with E-state index in [1.807, 2.05) is 0 Å².